The van der Waals surface area contributed by atoms with Crippen LogP contribution in [-0.2, 0) is 9.92 Å². The van der Waals surface area contributed by atoms with Crippen LogP contribution in [0.25, 0.3) is 0 Å². The van der Waals surface area contributed by atoms with Crippen molar-refractivity contribution in [3.63, 3.8) is 0 Å². The first-order chi connectivity index (χ1) is 4.94. The summed E-state index contributed by atoms with van der Waals surface area (Å²) in [6.07, 6.45) is 0. The van der Waals surface area contributed by atoms with E-state index >= 15 is 0 Å². The summed E-state index contributed by atoms with van der Waals surface area (Å²) in [5, 5.41) is -0.0463. The Kier molecular flexibility index (Phi) is 2.25. The first kappa shape index (κ1) is 9.00. The molecule has 0 aromatic rings. The van der Waals surface area contributed by atoms with Gasteiger partial charge in [-0.3, -0.25) is 0 Å². The lowest BCUT2D eigenvalue weighted by Crippen LogP contribution is -2.50. The molecule has 1 atom stereocenters. The first-order valence-electron chi connectivity index (χ1n) is 3.97. The molecule has 0 amide bonds. The summed E-state index contributed by atoms with van der Waals surface area (Å²) in [5.74, 6) is 0.625. The van der Waals surface area contributed by atoms with E-state index in [1.807, 2.05) is 13.8 Å². The van der Waals surface area contributed by atoms with Gasteiger partial charge in [0.2, 0.25) is 0 Å². The second-order valence-electron chi connectivity index (χ2n) is 3.57. The lowest BCUT2D eigenvalue weighted by molar-refractivity contribution is 0.224. The van der Waals surface area contributed by atoms with Crippen molar-refractivity contribution in [3.05, 3.63) is 0 Å². The molecule has 0 radical (unpaired) electrons. The molecular formula is C7H16N2OS. The van der Waals surface area contributed by atoms with Crippen LogP contribution >= 0.6 is 0 Å². The minimum Gasteiger partial charge on any atom is -0.240 e. The Morgan fingerprint density at radius 3 is 2.27 bits per heavy atom. The van der Waals surface area contributed by atoms with Gasteiger partial charge in [-0.25, -0.2) is 13.3 Å². The largest absolute Gasteiger partial charge is 0.240 e. The van der Waals surface area contributed by atoms with E-state index in [-0.39, 0.29) is 5.25 Å². The third kappa shape index (κ3) is 1.56. The van der Waals surface area contributed by atoms with Crippen LogP contribution in [0.15, 0.2) is 0 Å². The van der Waals surface area contributed by atoms with E-state index in [1.165, 1.54) is 0 Å². The minimum absolute atomic E-state index is 0.0463. The van der Waals surface area contributed by atoms with E-state index in [0.717, 1.165) is 13.1 Å². The summed E-state index contributed by atoms with van der Waals surface area (Å²) in [4.78, 5) is 0. The van der Waals surface area contributed by atoms with E-state index in [1.54, 1.807) is 4.31 Å². The Bertz CT molecular complexity index is 227. The van der Waals surface area contributed by atoms with Crippen molar-refractivity contribution in [2.75, 3.05) is 13.1 Å². The van der Waals surface area contributed by atoms with Crippen LogP contribution in [0.4, 0.5) is 0 Å². The average Bonchev–Trinajstić information content (AvgIpc) is 1.80. The van der Waals surface area contributed by atoms with Crippen LogP contribution in [0, 0.1) is 10.7 Å². The van der Waals surface area contributed by atoms with Gasteiger partial charge in [0.15, 0.2) is 0 Å². The Hall–Kier alpha value is -0.0900. The summed E-state index contributed by atoms with van der Waals surface area (Å²) in [7, 11) is -2.44. The molecule has 0 aromatic carbocycles. The number of hydrogen-bond donors (Lipinski definition) is 1. The quantitative estimate of drug-likeness (QED) is 0.677. The number of hydrogen-bond acceptors (Lipinski definition) is 2. The predicted octanol–water partition coefficient (Wildman–Crippen LogP) is 1.31. The maximum atomic E-state index is 11.6. The summed E-state index contributed by atoms with van der Waals surface area (Å²) in [5.41, 5.74) is 0. The molecule has 0 spiro atoms. The van der Waals surface area contributed by atoms with Crippen LogP contribution in [0.5, 0.6) is 0 Å². The van der Waals surface area contributed by atoms with Crippen molar-refractivity contribution in [2.45, 2.75) is 26.0 Å². The van der Waals surface area contributed by atoms with E-state index in [2.05, 4.69) is 6.92 Å². The van der Waals surface area contributed by atoms with Gasteiger partial charge in [0.25, 0.3) is 0 Å². The number of nitrogens with zero attached hydrogens (tertiary/aromatic N) is 1. The monoisotopic (exact) mass is 176 g/mol. The molecule has 1 heterocycles. The Balaban J connectivity index is 2.62. The van der Waals surface area contributed by atoms with Crippen LogP contribution in [-0.4, -0.2) is 26.9 Å². The number of nitrogens with one attached hydrogen (secondary N) is 1. The molecule has 1 unspecified atom stereocenters. The fourth-order valence-electron chi connectivity index (χ4n) is 1.16. The molecule has 11 heavy (non-hydrogen) atoms. The molecule has 1 N–H and O–H groups in total. The molecule has 1 fully saturated rings. The second-order valence-corrected chi connectivity index (χ2v) is 6.17. The van der Waals surface area contributed by atoms with Gasteiger partial charge in [-0.05, 0) is 19.8 Å². The molecule has 1 aliphatic heterocycles. The van der Waals surface area contributed by atoms with Gasteiger partial charge in [0.1, 0.15) is 9.92 Å². The minimum atomic E-state index is -2.44. The van der Waals surface area contributed by atoms with Gasteiger partial charge in [0, 0.05) is 13.1 Å². The molecule has 1 rings (SSSR count). The zero-order valence-corrected chi connectivity index (χ0v) is 8.15. The van der Waals surface area contributed by atoms with Gasteiger partial charge in [-0.15, -0.1) is 0 Å². The SMILES string of the molecule is CC1CN(S(=N)(=O)C(C)C)C1. The van der Waals surface area contributed by atoms with Crippen LogP contribution < -0.4 is 0 Å². The maximum Gasteiger partial charge on any atom is 0.110 e. The lowest BCUT2D eigenvalue weighted by Gasteiger charge is -2.39. The van der Waals surface area contributed by atoms with E-state index in [4.69, 9.17) is 4.78 Å². The Labute approximate surface area is 68.9 Å². The second kappa shape index (κ2) is 2.75. The zero-order valence-electron chi connectivity index (χ0n) is 7.33. The number of rotatable bonds is 2. The average molecular weight is 176 g/mol. The molecule has 66 valence electrons. The molecule has 0 saturated carbocycles. The van der Waals surface area contributed by atoms with Gasteiger partial charge >= 0.3 is 0 Å². The maximum absolute atomic E-state index is 11.6. The normalized spacial score (nSPS) is 26.5. The third-order valence-electron chi connectivity index (χ3n) is 2.05. The predicted molar refractivity (Wildman–Crippen MR) is 46.7 cm³/mol. The van der Waals surface area contributed by atoms with Crippen LogP contribution in [0.3, 0.4) is 0 Å². The van der Waals surface area contributed by atoms with Crippen molar-refractivity contribution in [2.24, 2.45) is 5.92 Å². The fourth-order valence-corrected chi connectivity index (χ4v) is 2.71. The van der Waals surface area contributed by atoms with Gasteiger partial charge < -0.3 is 0 Å². The van der Waals surface area contributed by atoms with Crippen molar-refractivity contribution in [1.29, 1.82) is 4.78 Å². The van der Waals surface area contributed by atoms with Crippen molar-refractivity contribution < 1.29 is 4.21 Å². The first-order valence-corrected chi connectivity index (χ1v) is 5.55. The summed E-state index contributed by atoms with van der Waals surface area (Å²) in [6.45, 7) is 7.48. The van der Waals surface area contributed by atoms with Crippen molar-refractivity contribution in [1.82, 2.24) is 4.31 Å². The highest BCUT2D eigenvalue weighted by molar-refractivity contribution is 7.90. The summed E-state index contributed by atoms with van der Waals surface area (Å²) >= 11 is 0. The van der Waals surface area contributed by atoms with Crippen molar-refractivity contribution in [3.8, 4) is 0 Å². The summed E-state index contributed by atoms with van der Waals surface area (Å²) < 4.78 is 21.0. The van der Waals surface area contributed by atoms with E-state index in [0.29, 0.717) is 5.92 Å². The molecule has 0 bridgehead atoms. The van der Waals surface area contributed by atoms with Gasteiger partial charge in [0.05, 0.1) is 5.25 Å². The highest BCUT2D eigenvalue weighted by Crippen LogP contribution is 2.21. The van der Waals surface area contributed by atoms with Crippen LogP contribution in [0.1, 0.15) is 20.8 Å². The molecule has 1 aliphatic rings. The van der Waals surface area contributed by atoms with Gasteiger partial charge in [-0.2, -0.15) is 0 Å². The molecule has 4 heteroatoms. The fraction of sp³-hybridized carbons (Fsp3) is 1.00. The Morgan fingerprint density at radius 2 is 2.00 bits per heavy atom. The molecule has 3 nitrogen and oxygen atoms in total. The molecule has 1 saturated heterocycles. The van der Waals surface area contributed by atoms with Crippen molar-refractivity contribution >= 4 is 9.92 Å². The third-order valence-corrected chi connectivity index (χ3v) is 4.40. The topological polar surface area (TPSA) is 44.2 Å². The molecule has 0 aromatic heterocycles. The zero-order chi connectivity index (χ0) is 8.65. The summed E-state index contributed by atoms with van der Waals surface area (Å²) in [6, 6.07) is 0. The molecular weight excluding hydrogens is 160 g/mol. The smallest absolute Gasteiger partial charge is 0.110 e. The van der Waals surface area contributed by atoms with E-state index < -0.39 is 9.92 Å². The highest BCUT2D eigenvalue weighted by Gasteiger charge is 2.31. The van der Waals surface area contributed by atoms with Crippen LogP contribution in [0.2, 0.25) is 0 Å². The lowest BCUT2D eigenvalue weighted by atomic mass is 10.1. The molecule has 0 aliphatic carbocycles. The van der Waals surface area contributed by atoms with E-state index in [9.17, 15) is 4.21 Å². The highest BCUT2D eigenvalue weighted by atomic mass is 32.2. The standard InChI is InChI=1S/C7H16N2OS/c1-6(2)11(8,10)9-4-7(3)5-9/h6-8H,4-5H2,1-3H3. The van der Waals surface area contributed by atoms with Gasteiger partial charge in [-0.1, -0.05) is 6.92 Å². The Morgan fingerprint density at radius 1 is 1.55 bits per heavy atom.